The van der Waals surface area contributed by atoms with Gasteiger partial charge in [0, 0.05) is 12.4 Å². The van der Waals surface area contributed by atoms with Crippen molar-refractivity contribution in [3.05, 3.63) is 25.3 Å². The molecular weight excluding hydrogens is 199 g/mol. The van der Waals surface area contributed by atoms with Gasteiger partial charge in [-0.3, -0.25) is 4.57 Å². The monoisotopic (exact) mass is 209 g/mol. The van der Waals surface area contributed by atoms with Gasteiger partial charge < -0.3 is 24.9 Å². The third kappa shape index (κ3) is 2.91. The third-order valence-corrected chi connectivity index (χ3v) is 2.40. The van der Waals surface area contributed by atoms with E-state index >= 15 is 0 Å². The van der Waals surface area contributed by atoms with Crippen molar-refractivity contribution in [1.82, 2.24) is 9.55 Å². The van der Waals surface area contributed by atoms with Crippen LogP contribution >= 0.6 is 7.60 Å². The summed E-state index contributed by atoms with van der Waals surface area (Å²) >= 11 is 0. The Kier molecular flexibility index (Phi) is 4.25. The van der Waals surface area contributed by atoms with Crippen LogP contribution in [-0.2, 0) is 4.57 Å². The van der Waals surface area contributed by atoms with Crippen LogP contribution in [0.3, 0.4) is 0 Å². The van der Waals surface area contributed by atoms with E-state index in [4.69, 9.17) is 14.9 Å². The third-order valence-electron chi connectivity index (χ3n) is 1.31. The Bertz CT molecular complexity index is 281. The van der Waals surface area contributed by atoms with E-state index in [-0.39, 0.29) is 5.48 Å². The summed E-state index contributed by atoms with van der Waals surface area (Å²) in [6, 6.07) is 0. The molecule has 0 amide bonds. The van der Waals surface area contributed by atoms with Crippen LogP contribution in [-0.4, -0.2) is 29.9 Å². The Morgan fingerprint density at radius 2 is 2.15 bits per heavy atom. The lowest BCUT2D eigenvalue weighted by molar-refractivity contribution is 0.298. The molecule has 1 atom stereocenters. The average Bonchev–Trinajstić information content (AvgIpc) is 2.38. The zero-order chi connectivity index (χ0) is 9.19. The van der Waals surface area contributed by atoms with E-state index in [0.29, 0.717) is 6.61 Å². The van der Waals surface area contributed by atoms with Crippen molar-refractivity contribution in [2.45, 2.75) is 5.78 Å². The van der Waals surface area contributed by atoms with Crippen LogP contribution in [0.2, 0.25) is 0 Å². The smallest absolute Gasteiger partial charge is 0.350 e. The van der Waals surface area contributed by atoms with Crippen molar-refractivity contribution >= 4 is 7.60 Å². The van der Waals surface area contributed by atoms with E-state index in [9.17, 15) is 4.57 Å². The van der Waals surface area contributed by atoms with Gasteiger partial charge >= 0.3 is 7.60 Å². The van der Waals surface area contributed by atoms with Crippen molar-refractivity contribution in [3.63, 3.8) is 0 Å². The predicted octanol–water partition coefficient (Wildman–Crippen LogP) is -0.731. The molecule has 1 aromatic rings. The number of aromatic nitrogens is 2. The molecule has 75 valence electrons. The highest BCUT2D eigenvalue weighted by atomic mass is 31.2. The summed E-state index contributed by atoms with van der Waals surface area (Å²) in [6.45, 7) is 0.447. The predicted molar refractivity (Wildman–Crippen MR) is 43.2 cm³/mol. The molecule has 0 aliphatic carbocycles. The highest BCUT2D eigenvalue weighted by molar-refractivity contribution is 7.52. The lowest BCUT2D eigenvalue weighted by Gasteiger charge is -2.15. The van der Waals surface area contributed by atoms with E-state index in [1.54, 1.807) is 0 Å². The normalized spacial score (nSPS) is 13.5. The van der Waals surface area contributed by atoms with Crippen molar-refractivity contribution < 1.29 is 24.9 Å². The number of aliphatic hydroxyl groups is 1. The molecule has 1 unspecified atom stereocenters. The molecule has 1 rings (SSSR count). The van der Waals surface area contributed by atoms with Crippen molar-refractivity contribution in [2.24, 2.45) is 0 Å². The molecule has 0 aliphatic heterocycles. The van der Waals surface area contributed by atoms with Crippen molar-refractivity contribution in [2.75, 3.05) is 0 Å². The summed E-state index contributed by atoms with van der Waals surface area (Å²) < 4.78 is 11.8. The zero-order valence-electron chi connectivity index (χ0n) is 6.48. The van der Waals surface area contributed by atoms with Gasteiger partial charge in [-0.25, -0.2) is 4.98 Å². The first-order valence-electron chi connectivity index (χ1n) is 3.06. The maximum Gasteiger partial charge on any atom is 0.350 e. The van der Waals surface area contributed by atoms with E-state index in [1.807, 2.05) is 0 Å². The maximum absolute atomic E-state index is 10.7. The number of rotatable bonds is 3. The lowest BCUT2D eigenvalue weighted by atomic mass is 10.6. The molecule has 0 spiro atoms. The first-order chi connectivity index (χ1) is 5.55. The summed E-state index contributed by atoms with van der Waals surface area (Å²) in [5.41, 5.74) is 0. The van der Waals surface area contributed by atoms with Gasteiger partial charge in [0.25, 0.3) is 0 Å². The largest absolute Gasteiger partial charge is 0.412 e. The van der Waals surface area contributed by atoms with Crippen LogP contribution in [0.5, 0.6) is 0 Å². The van der Waals surface area contributed by atoms with Gasteiger partial charge in [-0.15, -0.1) is 0 Å². The van der Waals surface area contributed by atoms with E-state index in [2.05, 4.69) is 4.98 Å². The second kappa shape index (κ2) is 4.50. The maximum atomic E-state index is 10.7. The van der Waals surface area contributed by atoms with Gasteiger partial charge in [0.1, 0.15) is 6.61 Å². The number of imidazole rings is 1. The van der Waals surface area contributed by atoms with Crippen LogP contribution in [0, 0.1) is 6.61 Å². The van der Waals surface area contributed by atoms with Gasteiger partial charge in [-0.1, -0.05) is 0 Å². The number of aliphatic hydroxyl groups excluding tert-OH is 1. The minimum Gasteiger partial charge on any atom is -0.412 e. The Labute approximate surface area is 74.1 Å². The molecule has 0 aromatic carbocycles. The first-order valence-corrected chi connectivity index (χ1v) is 4.74. The minimum absolute atomic E-state index is 0. The molecule has 0 fully saturated rings. The van der Waals surface area contributed by atoms with E-state index < -0.39 is 13.4 Å². The quantitative estimate of drug-likeness (QED) is 0.565. The molecule has 0 saturated carbocycles. The molecule has 7 nitrogen and oxygen atoms in total. The second-order valence-corrected chi connectivity index (χ2v) is 3.87. The fraction of sp³-hybridized carbons (Fsp3) is 0.200. The summed E-state index contributed by atoms with van der Waals surface area (Å²) in [4.78, 5) is 21.0. The van der Waals surface area contributed by atoms with Crippen molar-refractivity contribution in [1.29, 1.82) is 0 Å². The fourth-order valence-electron chi connectivity index (χ4n) is 0.763. The highest BCUT2D eigenvalue weighted by Gasteiger charge is 2.29. The first kappa shape index (κ1) is 12.3. The van der Waals surface area contributed by atoms with E-state index in [1.165, 1.54) is 18.7 Å². The molecule has 0 saturated heterocycles. The highest BCUT2D eigenvalue weighted by Crippen LogP contribution is 2.49. The van der Waals surface area contributed by atoms with Crippen LogP contribution in [0.15, 0.2) is 18.7 Å². The Balaban J connectivity index is 0.00000144. The van der Waals surface area contributed by atoms with Crippen LogP contribution < -0.4 is 0 Å². The Morgan fingerprint density at radius 1 is 1.54 bits per heavy atom. The standard InChI is InChI=1S/C5H8N2O4P.H2O/c8-3-5(12(9,10)11)7-2-1-6-4-7;/h1-5,8H,(H2,9,10,11);1H2. The molecule has 8 heteroatoms. The summed E-state index contributed by atoms with van der Waals surface area (Å²) in [5.74, 6) is -1.35. The van der Waals surface area contributed by atoms with Crippen molar-refractivity contribution in [3.8, 4) is 0 Å². The lowest BCUT2D eigenvalue weighted by Crippen LogP contribution is -2.07. The number of nitrogens with zero attached hydrogens (tertiary/aromatic N) is 2. The van der Waals surface area contributed by atoms with Crippen LogP contribution in [0.4, 0.5) is 0 Å². The van der Waals surface area contributed by atoms with Gasteiger partial charge in [0.2, 0.25) is 0 Å². The topological polar surface area (TPSA) is 127 Å². The summed E-state index contributed by atoms with van der Waals surface area (Å²) in [6.07, 6.45) is 3.94. The summed E-state index contributed by atoms with van der Waals surface area (Å²) in [5, 5.41) is 8.57. The Hall–Kier alpha value is -0.720. The number of hydrogen-bond acceptors (Lipinski definition) is 3. The SMILES string of the molecule is O.O=P(O)(O)C([CH]O)n1ccnc1. The average molecular weight is 209 g/mol. The molecular formula is C5H10N2O5P. The van der Waals surface area contributed by atoms with E-state index in [0.717, 1.165) is 4.57 Å². The van der Waals surface area contributed by atoms with Gasteiger partial charge in [-0.2, -0.15) is 0 Å². The molecule has 1 aromatic heterocycles. The minimum atomic E-state index is -4.35. The molecule has 13 heavy (non-hydrogen) atoms. The van der Waals surface area contributed by atoms with Crippen LogP contribution in [0.1, 0.15) is 5.78 Å². The Morgan fingerprint density at radius 3 is 2.46 bits per heavy atom. The molecule has 0 aliphatic rings. The molecule has 0 bridgehead atoms. The molecule has 1 radical (unpaired) electrons. The van der Waals surface area contributed by atoms with Gasteiger partial charge in [0.05, 0.1) is 6.33 Å². The second-order valence-electron chi connectivity index (χ2n) is 2.16. The summed E-state index contributed by atoms with van der Waals surface area (Å²) in [7, 11) is -4.35. The molecule has 1 heterocycles. The zero-order valence-corrected chi connectivity index (χ0v) is 7.37. The van der Waals surface area contributed by atoms with Gasteiger partial charge in [-0.05, 0) is 0 Å². The van der Waals surface area contributed by atoms with Crippen LogP contribution in [0.25, 0.3) is 0 Å². The number of hydrogen-bond donors (Lipinski definition) is 3. The molecule has 5 N–H and O–H groups in total. The van der Waals surface area contributed by atoms with Gasteiger partial charge in [0.15, 0.2) is 5.78 Å². The fourth-order valence-corrected chi connectivity index (χ4v) is 1.42.